The lowest BCUT2D eigenvalue weighted by molar-refractivity contribution is 1.03. The van der Waals surface area contributed by atoms with Crippen LogP contribution in [0.5, 0.6) is 0 Å². The predicted octanol–water partition coefficient (Wildman–Crippen LogP) is 20.7. The van der Waals surface area contributed by atoms with Crippen molar-refractivity contribution in [3.8, 4) is 205 Å². The molecule has 0 radical (unpaired) electrons. The molecule has 0 spiro atoms. The summed E-state index contributed by atoms with van der Waals surface area (Å²) in [5.74, 6) is 1.01. The van der Waals surface area contributed by atoms with E-state index < -0.39 is 0 Å². The lowest BCUT2D eigenvalue weighted by atomic mass is 9.98. The maximum atomic E-state index is 5.17. The van der Waals surface area contributed by atoms with Gasteiger partial charge in [0, 0.05) is 53.9 Å². The Hall–Kier alpha value is -17.1. The van der Waals surface area contributed by atoms with Crippen LogP contribution in [-0.4, -0.2) is 105 Å². The third kappa shape index (κ3) is 16.5. The largest absolute Gasteiger partial charge is 0.255 e. The fourth-order valence-electron chi connectivity index (χ4n) is 13.5. The highest BCUT2D eigenvalue weighted by molar-refractivity contribution is 5.81. The van der Waals surface area contributed by atoms with Crippen LogP contribution in [0.4, 0.5) is 0 Å². The van der Waals surface area contributed by atoms with Crippen molar-refractivity contribution < 1.29 is 0 Å². The van der Waals surface area contributed by atoms with E-state index >= 15 is 0 Å². The van der Waals surface area contributed by atoms with Gasteiger partial charge in [0.05, 0.1) is 154 Å². The molecule has 0 aliphatic heterocycles. The molecule has 19 aromatic heterocycles. The maximum Gasteiger partial charge on any atom is 0.182 e. The zero-order valence-electron chi connectivity index (χ0n) is 63.8. The second-order valence-corrected chi connectivity index (χ2v) is 27.3. The Morgan fingerprint density at radius 3 is 0.383 bits per heavy atom. The second-order valence-electron chi connectivity index (χ2n) is 27.3. The summed E-state index contributed by atoms with van der Waals surface area (Å²) in [6, 6.07) is 111. The molecule has 0 saturated heterocycles. The number of benzene rings is 1. The Labute approximate surface area is 688 Å². The topological polar surface area (TPSA) is 271 Å². The summed E-state index contributed by atoms with van der Waals surface area (Å²) in [7, 11) is 0. The highest BCUT2D eigenvalue weighted by atomic mass is 15.1. The molecule has 19 heterocycles. The maximum absolute atomic E-state index is 5.17. The van der Waals surface area contributed by atoms with E-state index in [1.54, 1.807) is 37.2 Å². The summed E-state index contributed by atoms with van der Waals surface area (Å²) in [4.78, 5) is 102. The average Bonchev–Trinajstić information content (AvgIpc) is 0.785. The molecule has 120 heavy (non-hydrogen) atoms. The molecule has 0 atom stereocenters. The number of nitrogens with zero attached hydrogens (tertiary/aromatic N) is 21. The fraction of sp³-hybridized carbons (Fsp3) is 0. The molecule has 21 heteroatoms. The fourth-order valence-corrected chi connectivity index (χ4v) is 13.5. The van der Waals surface area contributed by atoms with Crippen molar-refractivity contribution in [1.29, 1.82) is 0 Å². The first-order valence-corrected chi connectivity index (χ1v) is 38.5. The first-order chi connectivity index (χ1) is 59.4. The van der Waals surface area contributed by atoms with E-state index in [-0.39, 0.29) is 0 Å². The Morgan fingerprint density at radius 1 is 0.100 bits per heavy atom. The smallest absolute Gasteiger partial charge is 0.182 e. The van der Waals surface area contributed by atoms with Crippen molar-refractivity contribution in [2.24, 2.45) is 0 Å². The van der Waals surface area contributed by atoms with Crippen LogP contribution in [0.2, 0.25) is 0 Å². The van der Waals surface area contributed by atoms with Crippen molar-refractivity contribution in [2.75, 3.05) is 0 Å². The summed E-state index contributed by atoms with van der Waals surface area (Å²) in [6.07, 6.45) is 10.6. The molecule has 1 aromatic carbocycles. The van der Waals surface area contributed by atoms with Crippen molar-refractivity contribution in [2.45, 2.75) is 0 Å². The quantitative estimate of drug-likeness (QED) is 0.0772. The van der Waals surface area contributed by atoms with Crippen molar-refractivity contribution in [3.63, 3.8) is 0 Å². The number of pyridine rings is 18. The van der Waals surface area contributed by atoms with Gasteiger partial charge in [0.1, 0.15) is 17.1 Å². The van der Waals surface area contributed by atoms with Crippen LogP contribution in [-0.2, 0) is 0 Å². The van der Waals surface area contributed by atoms with E-state index in [1.807, 2.05) is 328 Å². The van der Waals surface area contributed by atoms with Gasteiger partial charge >= 0.3 is 0 Å². The van der Waals surface area contributed by atoms with Crippen LogP contribution in [0, 0.1) is 0 Å². The first kappa shape index (κ1) is 73.1. The Morgan fingerprint density at radius 2 is 0.225 bits per heavy atom. The summed E-state index contributed by atoms with van der Waals surface area (Å²) in [5, 5.41) is 0. The van der Waals surface area contributed by atoms with E-state index in [2.05, 4.69) is 48.1 Å². The second kappa shape index (κ2) is 33.9. The Balaban J connectivity index is 0.000000159. The van der Waals surface area contributed by atoms with Gasteiger partial charge in [-0.05, 0) is 237 Å². The average molecular weight is 1550 g/mol. The molecule has 0 aliphatic carbocycles. The van der Waals surface area contributed by atoms with Gasteiger partial charge in [0.15, 0.2) is 17.5 Å². The van der Waals surface area contributed by atoms with Crippen LogP contribution in [0.1, 0.15) is 0 Å². The molecule has 20 aromatic rings. The van der Waals surface area contributed by atoms with E-state index in [1.165, 1.54) is 0 Å². The van der Waals surface area contributed by atoms with E-state index in [0.29, 0.717) is 68.7 Å². The zero-order chi connectivity index (χ0) is 80.2. The molecule has 0 bridgehead atoms. The van der Waals surface area contributed by atoms with Gasteiger partial charge in [-0.1, -0.05) is 109 Å². The van der Waals surface area contributed by atoms with Gasteiger partial charge in [0.25, 0.3) is 0 Å². The van der Waals surface area contributed by atoms with Crippen molar-refractivity contribution >= 4 is 0 Å². The molecular weight excluding hydrogens is 1480 g/mol. The lowest BCUT2D eigenvalue weighted by Crippen LogP contribution is -2.04. The predicted molar refractivity (Wildman–Crippen MR) is 464 cm³/mol. The molecule has 0 unspecified atom stereocenters. The lowest BCUT2D eigenvalue weighted by Gasteiger charge is -2.13. The first-order valence-electron chi connectivity index (χ1n) is 38.5. The third-order valence-corrected chi connectivity index (χ3v) is 19.3. The summed E-state index contributed by atoms with van der Waals surface area (Å²) in [5.41, 5.74) is 24.3. The van der Waals surface area contributed by atoms with Crippen LogP contribution in [0.15, 0.2) is 383 Å². The van der Waals surface area contributed by atoms with Crippen LogP contribution >= 0.6 is 0 Å². The van der Waals surface area contributed by atoms with Crippen molar-refractivity contribution in [1.82, 2.24) is 105 Å². The van der Waals surface area contributed by atoms with E-state index in [4.69, 9.17) is 74.8 Å². The number of hydrogen-bond donors (Lipinski definition) is 0. The molecule has 0 N–H and O–H groups in total. The van der Waals surface area contributed by atoms with Gasteiger partial charge in [-0.25, -0.2) is 74.8 Å². The van der Waals surface area contributed by atoms with Gasteiger partial charge in [-0.15, -0.1) is 0 Å². The summed E-state index contributed by atoms with van der Waals surface area (Å²) in [6.45, 7) is 0. The normalized spacial score (nSPS) is 11.0. The number of aromatic nitrogens is 21. The molecule has 20 rings (SSSR count). The standard InChI is InChI=1S/C51H33N9.C48H30N12/c1-4-28-52-40(13-1)43-19-10-25-49(58-43)46-22-7-16-37(55-46)34-31-35(38-17-8-23-47(56-38)50-26-11-20-44(59-50)41-14-2-5-29-53-41)33-36(32-34)39-18-9-24-48(57-39)51-27-12-21-45(60-51)42-15-3-6-30-54-42;1-4-28-49-31(13-1)34-16-7-19-37(52-34)40-22-10-25-43(55-40)46-58-47(44-26-11-23-41(56-44)38-20-8-17-35(53-38)32-14-2-5-29-50-32)60-48(59-46)45-27-12-24-42(57-45)39-21-9-18-36(54-39)33-15-3-6-30-51-33/h1-33H;1-30H. The number of rotatable bonds is 18. The molecule has 564 valence electrons. The third-order valence-electron chi connectivity index (χ3n) is 19.3. The SMILES string of the molecule is c1ccc(-c2cccc(-c3cccc(-c4cc(-c5cccc(-c6cccc(-c7ccccn7)n6)n5)cc(-c5cccc(-c6cccc(-c7ccccn7)n6)n5)c4)n3)n2)nc1.c1ccc(-c2cccc(-c3cccc(-c4nc(-c5cccc(-c6cccc(-c7ccccn7)n6)n5)nc(-c5cccc(-c6cccc(-c7ccccn7)n6)n5)n4)n3)n2)nc1. The molecule has 0 aliphatic rings. The number of hydrogen-bond acceptors (Lipinski definition) is 21. The zero-order valence-corrected chi connectivity index (χ0v) is 63.8. The minimum atomic E-state index is 0.336. The summed E-state index contributed by atoms with van der Waals surface area (Å²) >= 11 is 0. The highest BCUT2D eigenvalue weighted by Crippen LogP contribution is 2.36. The molecule has 0 saturated carbocycles. The van der Waals surface area contributed by atoms with E-state index in [9.17, 15) is 0 Å². The van der Waals surface area contributed by atoms with Crippen LogP contribution in [0.25, 0.3) is 205 Å². The summed E-state index contributed by atoms with van der Waals surface area (Å²) < 4.78 is 0. The Bertz CT molecular complexity index is 5940. The van der Waals surface area contributed by atoms with Crippen molar-refractivity contribution in [3.05, 3.63) is 383 Å². The molecule has 0 fully saturated rings. The monoisotopic (exact) mass is 1550 g/mol. The highest BCUT2D eigenvalue weighted by Gasteiger charge is 2.21. The minimum absolute atomic E-state index is 0.336. The molecular formula is C99H63N21. The van der Waals surface area contributed by atoms with Gasteiger partial charge in [-0.3, -0.25) is 29.9 Å². The van der Waals surface area contributed by atoms with Gasteiger partial charge < -0.3 is 0 Å². The van der Waals surface area contributed by atoms with Gasteiger partial charge in [-0.2, -0.15) is 0 Å². The Kier molecular flexibility index (Phi) is 20.7. The van der Waals surface area contributed by atoms with Crippen LogP contribution in [0.3, 0.4) is 0 Å². The van der Waals surface area contributed by atoms with E-state index in [0.717, 1.165) is 136 Å². The molecule has 0 amide bonds. The van der Waals surface area contributed by atoms with Crippen LogP contribution < -0.4 is 0 Å². The minimum Gasteiger partial charge on any atom is -0.255 e. The van der Waals surface area contributed by atoms with Gasteiger partial charge in [0.2, 0.25) is 0 Å². The molecule has 21 nitrogen and oxygen atoms in total.